The molecular formula is C17H21N3OS. The largest absolute Gasteiger partial charge is 0.456 e. The summed E-state index contributed by atoms with van der Waals surface area (Å²) in [4.78, 5) is 2.32. The van der Waals surface area contributed by atoms with Crippen LogP contribution in [-0.2, 0) is 0 Å². The summed E-state index contributed by atoms with van der Waals surface area (Å²) >= 11 is 1.76. The van der Waals surface area contributed by atoms with E-state index in [2.05, 4.69) is 53.8 Å². The molecule has 0 bridgehead atoms. The van der Waals surface area contributed by atoms with Crippen molar-refractivity contribution in [3.8, 4) is 5.75 Å². The van der Waals surface area contributed by atoms with Crippen LogP contribution in [0.4, 0.5) is 10.7 Å². The molecule has 0 saturated heterocycles. The van der Waals surface area contributed by atoms with Gasteiger partial charge in [-0.25, -0.2) is 0 Å². The molecule has 2 aromatic rings. The van der Waals surface area contributed by atoms with Crippen LogP contribution in [-0.4, -0.2) is 7.05 Å². The van der Waals surface area contributed by atoms with Gasteiger partial charge in [-0.15, -0.1) is 11.3 Å². The quantitative estimate of drug-likeness (QED) is 0.884. The lowest BCUT2D eigenvalue weighted by molar-refractivity contribution is 0.415. The van der Waals surface area contributed by atoms with Gasteiger partial charge in [0.05, 0.1) is 16.7 Å². The molecule has 3 N–H and O–H groups in total. The predicted octanol–water partition coefficient (Wildman–Crippen LogP) is 4.29. The number of nitrogens with zero attached hydrogens (tertiary/aromatic N) is 1. The molecule has 1 unspecified atom stereocenters. The lowest BCUT2D eigenvalue weighted by atomic mass is 10.0. The van der Waals surface area contributed by atoms with Crippen LogP contribution in [0.2, 0.25) is 0 Å². The molecule has 116 valence electrons. The minimum Gasteiger partial charge on any atom is -0.456 e. The van der Waals surface area contributed by atoms with Gasteiger partial charge in [-0.1, -0.05) is 13.0 Å². The fourth-order valence-corrected chi connectivity index (χ4v) is 3.50. The summed E-state index contributed by atoms with van der Waals surface area (Å²) in [5.74, 6) is 2.11. The van der Waals surface area contributed by atoms with Gasteiger partial charge in [-0.05, 0) is 48.6 Å². The highest BCUT2D eigenvalue weighted by Gasteiger charge is 2.20. The molecule has 0 aliphatic carbocycles. The van der Waals surface area contributed by atoms with Crippen molar-refractivity contribution >= 4 is 22.0 Å². The van der Waals surface area contributed by atoms with Crippen LogP contribution < -0.4 is 20.7 Å². The van der Waals surface area contributed by atoms with Crippen LogP contribution in [0, 0.1) is 0 Å². The molecule has 5 heteroatoms. The maximum absolute atomic E-state index is 5.92. The van der Waals surface area contributed by atoms with Crippen molar-refractivity contribution in [1.29, 1.82) is 0 Å². The summed E-state index contributed by atoms with van der Waals surface area (Å²) in [6, 6.07) is 10.8. The van der Waals surface area contributed by atoms with Gasteiger partial charge in [0, 0.05) is 7.05 Å². The number of nitrogens with one attached hydrogen (secondary N) is 1. The van der Waals surface area contributed by atoms with Crippen molar-refractivity contribution in [3.63, 3.8) is 0 Å². The van der Waals surface area contributed by atoms with Crippen molar-refractivity contribution in [2.24, 2.45) is 5.73 Å². The standard InChI is InChI=1S/C17H21N3OS/c1-4-14(20(3)16-6-5-9-22-16)12-7-8-15-13(10-12)19-17(18)11(2)21-15/h5-10,14,19H,4,18H2,1-3H3. The zero-order valence-electron chi connectivity index (χ0n) is 13.1. The van der Waals surface area contributed by atoms with Crippen molar-refractivity contribution in [3.05, 3.63) is 52.9 Å². The molecule has 0 fully saturated rings. The number of thiophene rings is 1. The fourth-order valence-electron chi connectivity index (χ4n) is 2.75. The normalized spacial score (nSPS) is 14.9. The van der Waals surface area contributed by atoms with Crippen LogP contribution in [0.3, 0.4) is 0 Å². The Morgan fingerprint density at radius 1 is 1.36 bits per heavy atom. The zero-order valence-corrected chi connectivity index (χ0v) is 13.9. The van der Waals surface area contributed by atoms with Gasteiger partial charge in [0.2, 0.25) is 0 Å². The highest BCUT2D eigenvalue weighted by Crippen LogP contribution is 2.37. The molecule has 1 aliphatic heterocycles. The number of hydrogen-bond acceptors (Lipinski definition) is 5. The van der Waals surface area contributed by atoms with E-state index in [0.29, 0.717) is 17.6 Å². The number of allylic oxidation sites excluding steroid dienone is 1. The third-order valence-electron chi connectivity index (χ3n) is 4.01. The van der Waals surface area contributed by atoms with E-state index < -0.39 is 0 Å². The van der Waals surface area contributed by atoms with Crippen LogP contribution in [0.15, 0.2) is 47.3 Å². The van der Waals surface area contributed by atoms with Gasteiger partial charge in [-0.2, -0.15) is 0 Å². The van der Waals surface area contributed by atoms with Crippen molar-refractivity contribution in [2.45, 2.75) is 26.3 Å². The summed E-state index contributed by atoms with van der Waals surface area (Å²) < 4.78 is 5.73. The first-order valence-corrected chi connectivity index (χ1v) is 8.29. The Hall–Kier alpha value is -2.14. The second-order valence-corrected chi connectivity index (χ2v) is 6.36. The third-order valence-corrected chi connectivity index (χ3v) is 4.97. The molecule has 1 aliphatic rings. The van der Waals surface area contributed by atoms with Gasteiger partial charge in [-0.3, -0.25) is 0 Å². The van der Waals surface area contributed by atoms with Gasteiger partial charge in [0.1, 0.15) is 11.6 Å². The predicted molar refractivity (Wildman–Crippen MR) is 93.3 cm³/mol. The highest BCUT2D eigenvalue weighted by atomic mass is 32.1. The van der Waals surface area contributed by atoms with Crippen LogP contribution in [0.25, 0.3) is 0 Å². The molecule has 1 aromatic heterocycles. The van der Waals surface area contributed by atoms with E-state index in [1.807, 2.05) is 13.0 Å². The molecule has 1 aromatic carbocycles. The third kappa shape index (κ3) is 2.64. The molecule has 3 rings (SSSR count). The number of hydrogen-bond donors (Lipinski definition) is 2. The summed E-state index contributed by atoms with van der Waals surface area (Å²) in [5.41, 5.74) is 8.10. The van der Waals surface area contributed by atoms with E-state index in [1.165, 1.54) is 10.6 Å². The van der Waals surface area contributed by atoms with E-state index in [4.69, 9.17) is 10.5 Å². The Kier molecular flexibility index (Phi) is 3.98. The SMILES string of the molecule is CCC(c1ccc2c(c1)NC(N)=C(C)O2)N(C)c1cccs1. The Morgan fingerprint density at radius 3 is 2.86 bits per heavy atom. The van der Waals surface area contributed by atoms with E-state index in [9.17, 15) is 0 Å². The molecule has 1 atom stereocenters. The minimum atomic E-state index is 0.318. The molecule has 4 nitrogen and oxygen atoms in total. The van der Waals surface area contributed by atoms with Gasteiger partial charge < -0.3 is 20.7 Å². The van der Waals surface area contributed by atoms with E-state index in [0.717, 1.165) is 17.9 Å². The van der Waals surface area contributed by atoms with E-state index >= 15 is 0 Å². The maximum atomic E-state index is 5.92. The average molecular weight is 315 g/mol. The van der Waals surface area contributed by atoms with Crippen molar-refractivity contribution in [2.75, 3.05) is 17.3 Å². The van der Waals surface area contributed by atoms with Crippen molar-refractivity contribution in [1.82, 2.24) is 0 Å². The molecule has 22 heavy (non-hydrogen) atoms. The molecule has 0 saturated carbocycles. The molecular weight excluding hydrogens is 294 g/mol. The number of rotatable bonds is 4. The second-order valence-electron chi connectivity index (χ2n) is 5.44. The smallest absolute Gasteiger partial charge is 0.150 e. The number of anilines is 2. The Labute approximate surface area is 135 Å². The average Bonchev–Trinajstić information content (AvgIpc) is 3.03. The van der Waals surface area contributed by atoms with Crippen LogP contribution in [0.5, 0.6) is 5.75 Å². The molecule has 2 heterocycles. The fraction of sp³-hybridized carbons (Fsp3) is 0.294. The van der Waals surface area contributed by atoms with E-state index in [-0.39, 0.29) is 0 Å². The van der Waals surface area contributed by atoms with Crippen LogP contribution >= 0.6 is 11.3 Å². The van der Waals surface area contributed by atoms with Crippen LogP contribution in [0.1, 0.15) is 31.9 Å². The Morgan fingerprint density at radius 2 is 2.18 bits per heavy atom. The first-order valence-electron chi connectivity index (χ1n) is 7.41. The molecule has 0 radical (unpaired) electrons. The lowest BCUT2D eigenvalue weighted by Crippen LogP contribution is -2.23. The minimum absolute atomic E-state index is 0.318. The summed E-state index contributed by atoms with van der Waals surface area (Å²) in [6.45, 7) is 4.06. The Balaban J connectivity index is 1.91. The number of ether oxygens (including phenoxy) is 1. The number of fused-ring (bicyclic) bond motifs is 1. The molecule has 0 amide bonds. The lowest BCUT2D eigenvalue weighted by Gasteiger charge is -2.29. The van der Waals surface area contributed by atoms with E-state index in [1.54, 1.807) is 11.3 Å². The first kappa shape index (κ1) is 14.8. The highest BCUT2D eigenvalue weighted by molar-refractivity contribution is 7.14. The van der Waals surface area contributed by atoms with Crippen molar-refractivity contribution < 1.29 is 4.74 Å². The van der Waals surface area contributed by atoms with Gasteiger partial charge in [0.25, 0.3) is 0 Å². The summed E-state index contributed by atoms with van der Waals surface area (Å²) in [7, 11) is 2.14. The Bertz CT molecular complexity index is 694. The first-order chi connectivity index (χ1) is 10.6. The zero-order chi connectivity index (χ0) is 15.7. The number of benzene rings is 1. The summed E-state index contributed by atoms with van der Waals surface area (Å²) in [5, 5.41) is 6.59. The monoisotopic (exact) mass is 315 g/mol. The second kappa shape index (κ2) is 5.93. The van der Waals surface area contributed by atoms with Gasteiger partial charge >= 0.3 is 0 Å². The molecule has 0 spiro atoms. The summed E-state index contributed by atoms with van der Waals surface area (Å²) in [6.07, 6.45) is 1.03. The topological polar surface area (TPSA) is 50.5 Å². The maximum Gasteiger partial charge on any atom is 0.150 e. The number of nitrogens with two attached hydrogens (primary N) is 1. The van der Waals surface area contributed by atoms with Gasteiger partial charge in [0.15, 0.2) is 5.75 Å².